The number of nitrogens with zero attached hydrogens (tertiary/aromatic N) is 2. The number of halogens is 1. The molecule has 2 rings (SSSR count). The molecular formula is C15H16FN3O2. The average Bonchev–Trinajstić information content (AvgIpc) is 2.44. The second-order valence-corrected chi connectivity index (χ2v) is 4.82. The summed E-state index contributed by atoms with van der Waals surface area (Å²) in [5.41, 5.74) is 1.43. The molecule has 0 spiro atoms. The van der Waals surface area contributed by atoms with Gasteiger partial charge >= 0.3 is 0 Å². The third kappa shape index (κ3) is 3.34. The topological polar surface area (TPSA) is 64.0 Å². The molecule has 0 aliphatic carbocycles. The number of nitrogens with one attached hydrogen (secondary N) is 1. The zero-order valence-corrected chi connectivity index (χ0v) is 12.1. The van der Waals surface area contributed by atoms with Crippen LogP contribution in [0.5, 0.6) is 0 Å². The van der Waals surface area contributed by atoms with Gasteiger partial charge in [-0.3, -0.25) is 14.2 Å². The molecule has 0 unspecified atom stereocenters. The third-order valence-electron chi connectivity index (χ3n) is 3.26. The zero-order valence-electron chi connectivity index (χ0n) is 12.1. The molecule has 0 bridgehead atoms. The minimum absolute atomic E-state index is 0.129. The minimum atomic E-state index is -0.376. The maximum Gasteiger partial charge on any atom is 0.257 e. The lowest BCUT2D eigenvalue weighted by Gasteiger charge is -2.12. The molecule has 0 radical (unpaired) electrons. The Labute approximate surface area is 121 Å². The van der Waals surface area contributed by atoms with E-state index in [1.54, 1.807) is 20.8 Å². The Hall–Kier alpha value is -2.50. The Balaban J connectivity index is 2.19. The number of rotatable bonds is 3. The predicted molar refractivity (Wildman–Crippen MR) is 77.7 cm³/mol. The highest BCUT2D eigenvalue weighted by atomic mass is 19.1. The zero-order chi connectivity index (χ0) is 15.6. The highest BCUT2D eigenvalue weighted by molar-refractivity contribution is 5.90. The van der Waals surface area contributed by atoms with Crippen LogP contribution in [-0.4, -0.2) is 15.5 Å². The van der Waals surface area contributed by atoms with E-state index < -0.39 is 0 Å². The minimum Gasteiger partial charge on any atom is -0.325 e. The predicted octanol–water partition coefficient (Wildman–Crippen LogP) is 1.95. The Kier molecular flexibility index (Phi) is 4.16. The lowest BCUT2D eigenvalue weighted by molar-refractivity contribution is -0.116. The second-order valence-electron chi connectivity index (χ2n) is 4.82. The molecule has 1 aromatic heterocycles. The van der Waals surface area contributed by atoms with Crippen LogP contribution >= 0.6 is 0 Å². The summed E-state index contributed by atoms with van der Waals surface area (Å²) in [5.74, 6) is -0.257. The first kappa shape index (κ1) is 14.9. The lowest BCUT2D eigenvalue weighted by atomic mass is 10.2. The first-order chi connectivity index (χ1) is 9.88. The van der Waals surface area contributed by atoms with Crippen LogP contribution < -0.4 is 10.9 Å². The number of carbonyl (C=O) groups is 1. The molecule has 0 saturated heterocycles. The van der Waals surface area contributed by atoms with Crippen molar-refractivity contribution in [2.75, 3.05) is 5.32 Å². The lowest BCUT2D eigenvalue weighted by Crippen LogP contribution is -2.32. The number of hydrogen-bond acceptors (Lipinski definition) is 3. The molecule has 1 amide bonds. The van der Waals surface area contributed by atoms with Crippen LogP contribution in [0.2, 0.25) is 0 Å². The number of aryl methyl sites for hydroxylation is 2. The molecule has 21 heavy (non-hydrogen) atoms. The Morgan fingerprint density at radius 2 is 1.86 bits per heavy atom. The molecule has 0 aliphatic rings. The molecule has 1 N–H and O–H groups in total. The maximum absolute atomic E-state index is 12.8. The summed E-state index contributed by atoms with van der Waals surface area (Å²) in [6.45, 7) is 4.99. The van der Waals surface area contributed by atoms with E-state index in [0.717, 1.165) is 0 Å². The van der Waals surface area contributed by atoms with E-state index in [9.17, 15) is 14.0 Å². The Morgan fingerprint density at radius 3 is 2.48 bits per heavy atom. The van der Waals surface area contributed by atoms with Gasteiger partial charge in [0.25, 0.3) is 5.56 Å². The van der Waals surface area contributed by atoms with Gasteiger partial charge in [0.1, 0.15) is 18.2 Å². The fourth-order valence-corrected chi connectivity index (χ4v) is 1.95. The van der Waals surface area contributed by atoms with Gasteiger partial charge in [-0.2, -0.15) is 0 Å². The van der Waals surface area contributed by atoms with E-state index in [1.165, 1.54) is 28.8 Å². The number of carbonyl (C=O) groups excluding carboxylic acids is 1. The molecule has 2 aromatic rings. The van der Waals surface area contributed by atoms with Gasteiger partial charge in [-0.25, -0.2) is 9.37 Å². The van der Waals surface area contributed by atoms with E-state index in [0.29, 0.717) is 22.8 Å². The molecule has 0 saturated carbocycles. The van der Waals surface area contributed by atoms with Gasteiger partial charge in [-0.05, 0) is 45.0 Å². The SMILES string of the molecule is Cc1nc(C)n(CC(=O)Nc2ccc(F)cc2)c(=O)c1C. The molecule has 1 heterocycles. The normalized spacial score (nSPS) is 10.5. The van der Waals surface area contributed by atoms with Crippen molar-refractivity contribution >= 4 is 11.6 Å². The van der Waals surface area contributed by atoms with Gasteiger partial charge in [0, 0.05) is 16.9 Å². The molecule has 0 atom stereocenters. The van der Waals surface area contributed by atoms with Crippen molar-refractivity contribution in [2.24, 2.45) is 0 Å². The van der Waals surface area contributed by atoms with E-state index in [2.05, 4.69) is 10.3 Å². The van der Waals surface area contributed by atoms with E-state index >= 15 is 0 Å². The fourth-order valence-electron chi connectivity index (χ4n) is 1.95. The molecule has 1 aromatic carbocycles. The van der Waals surface area contributed by atoms with Crippen LogP contribution in [0.15, 0.2) is 29.1 Å². The van der Waals surface area contributed by atoms with Crippen LogP contribution in [0, 0.1) is 26.6 Å². The Morgan fingerprint density at radius 1 is 1.24 bits per heavy atom. The average molecular weight is 289 g/mol. The number of aromatic nitrogens is 2. The molecule has 0 fully saturated rings. The van der Waals surface area contributed by atoms with Crippen LogP contribution in [0.3, 0.4) is 0 Å². The monoisotopic (exact) mass is 289 g/mol. The van der Waals surface area contributed by atoms with Crippen molar-refractivity contribution in [3.63, 3.8) is 0 Å². The Bertz CT molecular complexity index is 736. The fraction of sp³-hybridized carbons (Fsp3) is 0.267. The highest BCUT2D eigenvalue weighted by Gasteiger charge is 2.11. The number of amides is 1. The van der Waals surface area contributed by atoms with Crippen molar-refractivity contribution < 1.29 is 9.18 Å². The standard InChI is InChI=1S/C15H16FN3O2/c1-9-10(2)17-11(3)19(15(9)21)8-14(20)18-13-6-4-12(16)5-7-13/h4-7H,8H2,1-3H3,(H,18,20). The van der Waals surface area contributed by atoms with Crippen LogP contribution in [-0.2, 0) is 11.3 Å². The number of hydrogen-bond donors (Lipinski definition) is 1. The van der Waals surface area contributed by atoms with Gasteiger partial charge in [-0.1, -0.05) is 0 Å². The summed E-state index contributed by atoms with van der Waals surface area (Å²) in [6, 6.07) is 5.43. The summed E-state index contributed by atoms with van der Waals surface area (Å²) in [5, 5.41) is 2.61. The number of anilines is 1. The first-order valence-electron chi connectivity index (χ1n) is 6.48. The highest BCUT2D eigenvalue weighted by Crippen LogP contribution is 2.08. The number of benzene rings is 1. The van der Waals surface area contributed by atoms with E-state index in [-0.39, 0.29) is 23.8 Å². The quantitative estimate of drug-likeness (QED) is 0.939. The molecule has 6 heteroatoms. The van der Waals surface area contributed by atoms with E-state index in [1.807, 2.05) is 0 Å². The summed E-state index contributed by atoms with van der Waals surface area (Å²) < 4.78 is 14.1. The van der Waals surface area contributed by atoms with Crippen molar-refractivity contribution in [3.8, 4) is 0 Å². The van der Waals surface area contributed by atoms with E-state index in [4.69, 9.17) is 0 Å². The van der Waals surface area contributed by atoms with Gasteiger partial charge in [0.2, 0.25) is 5.91 Å². The van der Waals surface area contributed by atoms with Gasteiger partial charge < -0.3 is 5.32 Å². The van der Waals surface area contributed by atoms with Crippen molar-refractivity contribution in [2.45, 2.75) is 27.3 Å². The van der Waals surface area contributed by atoms with Crippen LogP contribution in [0.25, 0.3) is 0 Å². The largest absolute Gasteiger partial charge is 0.325 e. The molecule has 110 valence electrons. The summed E-state index contributed by atoms with van der Waals surface area (Å²) in [4.78, 5) is 28.4. The summed E-state index contributed by atoms with van der Waals surface area (Å²) in [7, 11) is 0. The second kappa shape index (κ2) is 5.87. The van der Waals surface area contributed by atoms with Gasteiger partial charge in [0.05, 0.1) is 0 Å². The van der Waals surface area contributed by atoms with Crippen molar-refractivity contribution in [1.29, 1.82) is 0 Å². The van der Waals surface area contributed by atoms with Gasteiger partial charge in [0.15, 0.2) is 0 Å². The van der Waals surface area contributed by atoms with Gasteiger partial charge in [-0.15, -0.1) is 0 Å². The first-order valence-corrected chi connectivity index (χ1v) is 6.48. The van der Waals surface area contributed by atoms with Crippen LogP contribution in [0.4, 0.5) is 10.1 Å². The summed E-state index contributed by atoms with van der Waals surface area (Å²) >= 11 is 0. The molecule has 5 nitrogen and oxygen atoms in total. The van der Waals surface area contributed by atoms with Crippen molar-refractivity contribution in [1.82, 2.24) is 9.55 Å². The van der Waals surface area contributed by atoms with Crippen molar-refractivity contribution in [3.05, 3.63) is 57.5 Å². The molecule has 0 aliphatic heterocycles. The smallest absolute Gasteiger partial charge is 0.257 e. The summed E-state index contributed by atoms with van der Waals surface area (Å²) in [6.07, 6.45) is 0. The maximum atomic E-state index is 12.8. The molecular weight excluding hydrogens is 273 g/mol. The third-order valence-corrected chi connectivity index (χ3v) is 3.26. The van der Waals surface area contributed by atoms with Crippen LogP contribution in [0.1, 0.15) is 17.1 Å².